The molecule has 1 aromatic heterocycles. The van der Waals surface area contributed by atoms with Crippen molar-refractivity contribution in [3.05, 3.63) is 55.2 Å². The van der Waals surface area contributed by atoms with Crippen LogP contribution in [0.1, 0.15) is 33.3 Å². The highest BCUT2D eigenvalue weighted by Gasteiger charge is 2.20. The van der Waals surface area contributed by atoms with Gasteiger partial charge in [0.05, 0.1) is 0 Å². The molecule has 0 saturated heterocycles. The van der Waals surface area contributed by atoms with Gasteiger partial charge in [-0.05, 0) is 68.1 Å². The highest BCUT2D eigenvalue weighted by molar-refractivity contribution is 7.12. The molecule has 106 valence electrons. The van der Waals surface area contributed by atoms with Gasteiger partial charge in [0.25, 0.3) is 0 Å². The lowest BCUT2D eigenvalue weighted by Crippen LogP contribution is -2.18. The minimum Gasteiger partial charge on any atom is -0.312 e. The van der Waals surface area contributed by atoms with E-state index >= 15 is 0 Å². The lowest BCUT2D eigenvalue weighted by atomic mass is 10.0. The molecular formula is C16H17Cl2NS. The standard InChI is InChI=1S/C16H17Cl2NS/c1-19-14(8-11-7-12(17)5-6-13(11)18)16-9-10-3-2-4-15(10)20-16/h5-7,9,14,19H,2-4,8H2,1H3. The molecule has 0 saturated carbocycles. The van der Waals surface area contributed by atoms with Crippen LogP contribution in [0, 0.1) is 0 Å². The number of hydrogen-bond donors (Lipinski definition) is 1. The zero-order valence-corrected chi connectivity index (χ0v) is 13.7. The summed E-state index contributed by atoms with van der Waals surface area (Å²) in [6, 6.07) is 8.35. The van der Waals surface area contributed by atoms with Crippen molar-refractivity contribution in [2.75, 3.05) is 7.05 Å². The predicted octanol–water partition coefficient (Wildman–Crippen LogP) is 5.05. The summed E-state index contributed by atoms with van der Waals surface area (Å²) >= 11 is 14.3. The van der Waals surface area contributed by atoms with Gasteiger partial charge in [-0.2, -0.15) is 0 Å². The van der Waals surface area contributed by atoms with E-state index in [-0.39, 0.29) is 0 Å². The van der Waals surface area contributed by atoms with Crippen LogP contribution in [-0.4, -0.2) is 7.05 Å². The molecule has 2 aromatic rings. The van der Waals surface area contributed by atoms with E-state index in [0.717, 1.165) is 22.0 Å². The van der Waals surface area contributed by atoms with Gasteiger partial charge >= 0.3 is 0 Å². The molecule has 20 heavy (non-hydrogen) atoms. The maximum atomic E-state index is 6.28. The number of rotatable bonds is 4. The molecule has 0 fully saturated rings. The first kappa shape index (κ1) is 14.4. The van der Waals surface area contributed by atoms with Crippen LogP contribution in [0.5, 0.6) is 0 Å². The van der Waals surface area contributed by atoms with Crippen molar-refractivity contribution >= 4 is 34.5 Å². The molecule has 3 rings (SSSR count). The summed E-state index contributed by atoms with van der Waals surface area (Å²) in [4.78, 5) is 2.98. The fraction of sp³-hybridized carbons (Fsp3) is 0.375. The molecule has 1 aliphatic rings. The SMILES string of the molecule is CNC(Cc1cc(Cl)ccc1Cl)c1cc2c(s1)CCC2. The van der Waals surface area contributed by atoms with E-state index in [0.29, 0.717) is 6.04 Å². The van der Waals surface area contributed by atoms with Crippen LogP contribution in [0.25, 0.3) is 0 Å². The normalized spacial score (nSPS) is 15.3. The van der Waals surface area contributed by atoms with Crippen molar-refractivity contribution in [1.82, 2.24) is 5.32 Å². The van der Waals surface area contributed by atoms with Crippen LogP contribution in [-0.2, 0) is 19.3 Å². The lowest BCUT2D eigenvalue weighted by molar-refractivity contribution is 0.602. The summed E-state index contributed by atoms with van der Waals surface area (Å²) in [5.41, 5.74) is 2.65. The second-order valence-electron chi connectivity index (χ2n) is 5.23. The van der Waals surface area contributed by atoms with Crippen molar-refractivity contribution in [3.8, 4) is 0 Å². The molecule has 1 atom stereocenters. The van der Waals surface area contributed by atoms with Gasteiger partial charge in [-0.15, -0.1) is 11.3 Å². The van der Waals surface area contributed by atoms with Crippen LogP contribution in [0.2, 0.25) is 10.0 Å². The summed E-state index contributed by atoms with van der Waals surface area (Å²) < 4.78 is 0. The summed E-state index contributed by atoms with van der Waals surface area (Å²) in [5.74, 6) is 0. The van der Waals surface area contributed by atoms with Crippen LogP contribution >= 0.6 is 34.5 Å². The molecule has 1 nitrogen and oxygen atoms in total. The molecule has 1 heterocycles. The monoisotopic (exact) mass is 325 g/mol. The third-order valence-electron chi connectivity index (χ3n) is 3.89. The Morgan fingerprint density at radius 3 is 2.85 bits per heavy atom. The van der Waals surface area contributed by atoms with E-state index < -0.39 is 0 Å². The highest BCUT2D eigenvalue weighted by atomic mass is 35.5. The highest BCUT2D eigenvalue weighted by Crippen LogP contribution is 2.35. The van der Waals surface area contributed by atoms with Crippen LogP contribution in [0.4, 0.5) is 0 Å². The molecule has 0 spiro atoms. The number of nitrogens with one attached hydrogen (secondary N) is 1. The van der Waals surface area contributed by atoms with Crippen LogP contribution in [0.3, 0.4) is 0 Å². The van der Waals surface area contributed by atoms with Gasteiger partial charge in [0.15, 0.2) is 0 Å². The number of likely N-dealkylation sites (N-methyl/N-ethyl adjacent to an activating group) is 1. The van der Waals surface area contributed by atoms with E-state index in [1.165, 1.54) is 24.1 Å². The van der Waals surface area contributed by atoms with E-state index in [4.69, 9.17) is 23.2 Å². The van der Waals surface area contributed by atoms with E-state index in [9.17, 15) is 0 Å². The first-order valence-corrected chi connectivity index (χ1v) is 8.47. The summed E-state index contributed by atoms with van der Waals surface area (Å²) in [7, 11) is 2.01. The molecule has 1 aromatic carbocycles. The third kappa shape index (κ3) is 2.89. The smallest absolute Gasteiger partial charge is 0.0453 e. The molecule has 1 aliphatic carbocycles. The van der Waals surface area contributed by atoms with Crippen molar-refractivity contribution in [2.24, 2.45) is 0 Å². The Hall–Kier alpha value is -0.540. The Bertz CT molecular complexity index is 599. The number of fused-ring (bicyclic) bond motifs is 1. The summed E-state index contributed by atoms with van der Waals surface area (Å²) in [6.07, 6.45) is 4.66. The van der Waals surface area contributed by atoms with Crippen molar-refractivity contribution in [1.29, 1.82) is 0 Å². The Balaban J connectivity index is 1.84. The number of aryl methyl sites for hydroxylation is 2. The minimum atomic E-state index is 0.307. The molecule has 0 bridgehead atoms. The molecule has 1 N–H and O–H groups in total. The number of hydrogen-bond acceptors (Lipinski definition) is 2. The zero-order chi connectivity index (χ0) is 14.1. The van der Waals surface area contributed by atoms with Crippen LogP contribution in [0.15, 0.2) is 24.3 Å². The Morgan fingerprint density at radius 1 is 1.25 bits per heavy atom. The van der Waals surface area contributed by atoms with Gasteiger partial charge in [-0.25, -0.2) is 0 Å². The Kier molecular flexibility index (Phi) is 4.37. The first-order valence-electron chi connectivity index (χ1n) is 6.90. The summed E-state index contributed by atoms with van der Waals surface area (Å²) in [5, 5.41) is 4.94. The molecular weight excluding hydrogens is 309 g/mol. The zero-order valence-electron chi connectivity index (χ0n) is 11.4. The van der Waals surface area contributed by atoms with E-state index in [2.05, 4.69) is 11.4 Å². The fourth-order valence-electron chi connectivity index (χ4n) is 2.79. The van der Waals surface area contributed by atoms with E-state index in [1.54, 1.807) is 10.4 Å². The van der Waals surface area contributed by atoms with Crippen molar-refractivity contribution in [3.63, 3.8) is 0 Å². The quantitative estimate of drug-likeness (QED) is 0.829. The van der Waals surface area contributed by atoms with Gasteiger partial charge in [-0.1, -0.05) is 23.2 Å². The minimum absolute atomic E-state index is 0.307. The molecule has 0 amide bonds. The fourth-order valence-corrected chi connectivity index (χ4v) is 4.55. The number of thiophene rings is 1. The predicted molar refractivity (Wildman–Crippen MR) is 88.3 cm³/mol. The van der Waals surface area contributed by atoms with Gasteiger partial charge in [0, 0.05) is 25.8 Å². The average Bonchev–Trinajstić information content (AvgIpc) is 3.00. The maximum absolute atomic E-state index is 6.28. The first-order chi connectivity index (χ1) is 9.67. The molecule has 4 heteroatoms. The van der Waals surface area contributed by atoms with Crippen molar-refractivity contribution in [2.45, 2.75) is 31.7 Å². The molecule has 1 unspecified atom stereocenters. The Morgan fingerprint density at radius 2 is 2.10 bits per heavy atom. The second kappa shape index (κ2) is 6.07. The van der Waals surface area contributed by atoms with Gasteiger partial charge in [0.2, 0.25) is 0 Å². The largest absolute Gasteiger partial charge is 0.312 e. The van der Waals surface area contributed by atoms with E-state index in [1.807, 2.05) is 36.6 Å². The summed E-state index contributed by atoms with van der Waals surface area (Å²) in [6.45, 7) is 0. The number of benzene rings is 1. The van der Waals surface area contributed by atoms with Gasteiger partial charge in [0.1, 0.15) is 0 Å². The number of halogens is 2. The molecule has 0 radical (unpaired) electrons. The third-order valence-corrected chi connectivity index (χ3v) is 5.84. The molecule has 0 aliphatic heterocycles. The topological polar surface area (TPSA) is 12.0 Å². The average molecular weight is 326 g/mol. The van der Waals surface area contributed by atoms with Gasteiger partial charge in [-0.3, -0.25) is 0 Å². The Labute approximate surface area is 133 Å². The lowest BCUT2D eigenvalue weighted by Gasteiger charge is -2.16. The maximum Gasteiger partial charge on any atom is 0.0453 e. The van der Waals surface area contributed by atoms with Crippen LogP contribution < -0.4 is 5.32 Å². The second-order valence-corrected chi connectivity index (χ2v) is 7.24. The van der Waals surface area contributed by atoms with Crippen molar-refractivity contribution < 1.29 is 0 Å². The van der Waals surface area contributed by atoms with Gasteiger partial charge < -0.3 is 5.32 Å².